The van der Waals surface area contributed by atoms with Crippen LogP contribution in [-0.2, 0) is 11.3 Å². The average molecular weight is 339 g/mol. The molecule has 25 heavy (non-hydrogen) atoms. The second kappa shape index (κ2) is 8.07. The fraction of sp³-hybridized carbons (Fsp3) is 0.421. The summed E-state index contributed by atoms with van der Waals surface area (Å²) < 4.78 is 0. The van der Waals surface area contributed by atoms with Crippen molar-refractivity contribution in [1.29, 1.82) is 0 Å². The topological polar surface area (TPSA) is 70.2 Å². The lowest BCUT2D eigenvalue weighted by Gasteiger charge is -2.33. The summed E-state index contributed by atoms with van der Waals surface area (Å²) in [6.07, 6.45) is 4.09. The van der Waals surface area contributed by atoms with E-state index >= 15 is 0 Å². The SMILES string of the molecule is CC(=O)Nc1ccc(CN2CCCC(Nc3nccc(C)n3)C2)cc1. The van der Waals surface area contributed by atoms with Gasteiger partial charge in [-0.3, -0.25) is 9.69 Å². The van der Waals surface area contributed by atoms with Gasteiger partial charge in [0.2, 0.25) is 11.9 Å². The Morgan fingerprint density at radius 2 is 2.08 bits per heavy atom. The van der Waals surface area contributed by atoms with Gasteiger partial charge in [0.15, 0.2) is 0 Å². The minimum Gasteiger partial charge on any atom is -0.350 e. The number of benzene rings is 1. The zero-order chi connectivity index (χ0) is 17.6. The molecule has 0 saturated carbocycles. The van der Waals surface area contributed by atoms with Gasteiger partial charge in [-0.25, -0.2) is 9.97 Å². The van der Waals surface area contributed by atoms with E-state index < -0.39 is 0 Å². The van der Waals surface area contributed by atoms with Crippen molar-refractivity contribution in [3.05, 3.63) is 47.8 Å². The molecule has 1 fully saturated rings. The van der Waals surface area contributed by atoms with E-state index in [1.54, 1.807) is 6.20 Å². The number of carbonyl (C=O) groups is 1. The lowest BCUT2D eigenvalue weighted by atomic mass is 10.0. The molecule has 6 heteroatoms. The first kappa shape index (κ1) is 17.4. The third-order valence-electron chi connectivity index (χ3n) is 4.31. The second-order valence-electron chi connectivity index (χ2n) is 6.62. The van der Waals surface area contributed by atoms with Gasteiger partial charge in [-0.15, -0.1) is 0 Å². The molecule has 1 saturated heterocycles. The van der Waals surface area contributed by atoms with Crippen LogP contribution in [0.1, 0.15) is 31.0 Å². The summed E-state index contributed by atoms with van der Waals surface area (Å²) in [5.41, 5.74) is 3.07. The van der Waals surface area contributed by atoms with Gasteiger partial charge < -0.3 is 10.6 Å². The Balaban J connectivity index is 1.55. The molecule has 132 valence electrons. The lowest BCUT2D eigenvalue weighted by Crippen LogP contribution is -2.41. The number of piperidine rings is 1. The molecule has 2 N–H and O–H groups in total. The molecular formula is C19H25N5O. The molecule has 6 nitrogen and oxygen atoms in total. The zero-order valence-corrected chi connectivity index (χ0v) is 14.8. The number of aromatic nitrogens is 2. The minimum atomic E-state index is -0.0453. The van der Waals surface area contributed by atoms with E-state index in [1.165, 1.54) is 12.5 Å². The van der Waals surface area contributed by atoms with E-state index in [2.05, 4.69) is 37.6 Å². The van der Waals surface area contributed by atoms with Crippen molar-refractivity contribution in [1.82, 2.24) is 14.9 Å². The highest BCUT2D eigenvalue weighted by atomic mass is 16.1. The molecule has 1 aromatic heterocycles. The first-order chi connectivity index (χ1) is 12.1. The van der Waals surface area contributed by atoms with Crippen LogP contribution in [0.25, 0.3) is 0 Å². The summed E-state index contributed by atoms with van der Waals surface area (Å²) in [7, 11) is 0. The standard InChI is InChI=1S/C19H25N5O/c1-14-9-10-20-19(21-14)23-18-4-3-11-24(13-18)12-16-5-7-17(8-6-16)22-15(2)25/h5-10,18H,3-4,11-13H2,1-2H3,(H,22,25)(H,20,21,23). The summed E-state index contributed by atoms with van der Waals surface area (Å²) in [4.78, 5) is 22.3. The van der Waals surface area contributed by atoms with Crippen LogP contribution in [0.4, 0.5) is 11.6 Å². The van der Waals surface area contributed by atoms with E-state index in [-0.39, 0.29) is 5.91 Å². The van der Waals surface area contributed by atoms with E-state index in [9.17, 15) is 4.79 Å². The number of nitrogens with zero attached hydrogens (tertiary/aromatic N) is 3. The number of amides is 1. The summed E-state index contributed by atoms with van der Waals surface area (Å²) in [6, 6.07) is 10.3. The number of rotatable bonds is 5. The van der Waals surface area contributed by atoms with Gasteiger partial charge >= 0.3 is 0 Å². The molecule has 1 unspecified atom stereocenters. The number of anilines is 2. The molecule has 1 aliphatic rings. The molecule has 1 atom stereocenters. The zero-order valence-electron chi connectivity index (χ0n) is 14.8. The fourth-order valence-corrected chi connectivity index (χ4v) is 3.17. The first-order valence-electron chi connectivity index (χ1n) is 8.73. The van der Waals surface area contributed by atoms with Gasteiger partial charge in [0.25, 0.3) is 0 Å². The normalized spacial score (nSPS) is 17.9. The Morgan fingerprint density at radius 1 is 1.28 bits per heavy atom. The third-order valence-corrected chi connectivity index (χ3v) is 4.31. The van der Waals surface area contributed by atoms with Crippen LogP contribution in [0.3, 0.4) is 0 Å². The first-order valence-corrected chi connectivity index (χ1v) is 8.73. The monoisotopic (exact) mass is 339 g/mol. The van der Waals surface area contributed by atoms with Gasteiger partial charge in [0.1, 0.15) is 0 Å². The third kappa shape index (κ3) is 5.26. The summed E-state index contributed by atoms with van der Waals surface area (Å²) in [6.45, 7) is 6.48. The molecule has 0 spiro atoms. The molecule has 0 aliphatic carbocycles. The molecule has 1 aromatic carbocycles. The number of hydrogen-bond acceptors (Lipinski definition) is 5. The Kier molecular flexibility index (Phi) is 5.60. The van der Waals surface area contributed by atoms with Crippen molar-refractivity contribution in [3.8, 4) is 0 Å². The highest BCUT2D eigenvalue weighted by Crippen LogP contribution is 2.17. The van der Waals surface area contributed by atoms with Crippen molar-refractivity contribution in [2.45, 2.75) is 39.3 Å². The summed E-state index contributed by atoms with van der Waals surface area (Å²) >= 11 is 0. The van der Waals surface area contributed by atoms with E-state index in [1.807, 2.05) is 25.1 Å². The maximum atomic E-state index is 11.1. The Bertz CT molecular complexity index is 716. The van der Waals surface area contributed by atoms with E-state index in [0.717, 1.165) is 43.9 Å². The number of aryl methyl sites for hydroxylation is 1. The van der Waals surface area contributed by atoms with Gasteiger partial charge in [-0.05, 0) is 50.1 Å². The number of carbonyl (C=O) groups excluding carboxylic acids is 1. The summed E-state index contributed by atoms with van der Waals surface area (Å²) in [5, 5.41) is 6.25. The van der Waals surface area contributed by atoms with Crippen molar-refractivity contribution in [2.75, 3.05) is 23.7 Å². The number of likely N-dealkylation sites (tertiary alicyclic amines) is 1. The van der Waals surface area contributed by atoms with Gasteiger partial charge in [0, 0.05) is 43.6 Å². The van der Waals surface area contributed by atoms with Crippen LogP contribution < -0.4 is 10.6 Å². The van der Waals surface area contributed by atoms with Crippen molar-refractivity contribution >= 4 is 17.5 Å². The molecule has 0 radical (unpaired) electrons. The Morgan fingerprint density at radius 3 is 2.80 bits per heavy atom. The molecule has 1 amide bonds. The smallest absolute Gasteiger partial charge is 0.223 e. The van der Waals surface area contributed by atoms with Crippen molar-refractivity contribution in [3.63, 3.8) is 0 Å². The fourth-order valence-electron chi connectivity index (χ4n) is 3.17. The Labute approximate surface area is 148 Å². The second-order valence-corrected chi connectivity index (χ2v) is 6.62. The lowest BCUT2D eigenvalue weighted by molar-refractivity contribution is -0.114. The quantitative estimate of drug-likeness (QED) is 0.876. The molecular weight excluding hydrogens is 314 g/mol. The van der Waals surface area contributed by atoms with E-state index in [0.29, 0.717) is 12.0 Å². The highest BCUT2D eigenvalue weighted by Gasteiger charge is 2.20. The Hall–Kier alpha value is -2.47. The predicted octanol–water partition coefficient (Wildman–Crippen LogP) is 2.82. The number of hydrogen-bond donors (Lipinski definition) is 2. The van der Waals surface area contributed by atoms with Crippen LogP contribution in [0.2, 0.25) is 0 Å². The largest absolute Gasteiger partial charge is 0.350 e. The van der Waals surface area contributed by atoms with Crippen LogP contribution in [-0.4, -0.2) is 39.9 Å². The molecule has 2 aromatic rings. The molecule has 1 aliphatic heterocycles. The van der Waals surface area contributed by atoms with Crippen LogP contribution >= 0.6 is 0 Å². The molecule has 3 rings (SSSR count). The van der Waals surface area contributed by atoms with Crippen LogP contribution in [0.5, 0.6) is 0 Å². The van der Waals surface area contributed by atoms with Crippen molar-refractivity contribution < 1.29 is 4.79 Å². The number of nitrogens with one attached hydrogen (secondary N) is 2. The highest BCUT2D eigenvalue weighted by molar-refractivity contribution is 5.88. The average Bonchev–Trinajstić information content (AvgIpc) is 2.57. The minimum absolute atomic E-state index is 0.0453. The molecule has 2 heterocycles. The maximum Gasteiger partial charge on any atom is 0.223 e. The molecule has 0 bridgehead atoms. The van der Waals surface area contributed by atoms with Gasteiger partial charge in [-0.2, -0.15) is 0 Å². The van der Waals surface area contributed by atoms with E-state index in [4.69, 9.17) is 0 Å². The maximum absolute atomic E-state index is 11.1. The predicted molar refractivity (Wildman–Crippen MR) is 99.4 cm³/mol. The van der Waals surface area contributed by atoms with Gasteiger partial charge in [-0.1, -0.05) is 12.1 Å². The summed E-state index contributed by atoms with van der Waals surface area (Å²) in [5.74, 6) is 0.669. The van der Waals surface area contributed by atoms with Crippen LogP contribution in [0, 0.1) is 6.92 Å². The van der Waals surface area contributed by atoms with Crippen LogP contribution in [0.15, 0.2) is 36.5 Å². The van der Waals surface area contributed by atoms with Crippen molar-refractivity contribution in [2.24, 2.45) is 0 Å². The van der Waals surface area contributed by atoms with Gasteiger partial charge in [0.05, 0.1) is 0 Å².